The lowest BCUT2D eigenvalue weighted by Gasteiger charge is -2.05. The predicted molar refractivity (Wildman–Crippen MR) is 55.0 cm³/mol. The highest BCUT2D eigenvalue weighted by atomic mass is 127. The van der Waals surface area contributed by atoms with E-state index in [-0.39, 0.29) is 14.8 Å². The second-order valence-electron chi connectivity index (χ2n) is 2.16. The van der Waals surface area contributed by atoms with E-state index in [9.17, 15) is 13.6 Å². The van der Waals surface area contributed by atoms with Crippen LogP contribution in [-0.2, 0) is 0 Å². The molecule has 13 heavy (non-hydrogen) atoms. The number of nitrogens with zero attached hydrogens (tertiary/aromatic N) is 1. The first kappa shape index (κ1) is 11.0. The lowest BCUT2D eigenvalue weighted by Crippen LogP contribution is -1.99. The van der Waals surface area contributed by atoms with Crippen LogP contribution in [0.4, 0.5) is 8.78 Å². The summed E-state index contributed by atoms with van der Waals surface area (Å²) in [6, 6.07) is 1.15. The standard InChI is InChI=1S/C7H3BrF2INO/c8-5-1-3(6(9)10)4(2-13)7(11)12-5/h1-2,6H. The molecule has 0 fully saturated rings. The van der Waals surface area contributed by atoms with Crippen molar-refractivity contribution in [2.45, 2.75) is 6.43 Å². The van der Waals surface area contributed by atoms with E-state index in [1.165, 1.54) is 0 Å². The molecular formula is C7H3BrF2INO. The molecule has 0 saturated heterocycles. The number of carbonyl (C=O) groups is 1. The van der Waals surface area contributed by atoms with Crippen LogP contribution in [0.1, 0.15) is 22.3 Å². The van der Waals surface area contributed by atoms with Gasteiger partial charge in [0.15, 0.2) is 6.29 Å². The van der Waals surface area contributed by atoms with Gasteiger partial charge in [0.25, 0.3) is 6.43 Å². The molecule has 1 heterocycles. The third-order valence-electron chi connectivity index (χ3n) is 1.37. The summed E-state index contributed by atoms with van der Waals surface area (Å²) in [5.74, 6) is 0. The highest BCUT2D eigenvalue weighted by molar-refractivity contribution is 14.1. The summed E-state index contributed by atoms with van der Waals surface area (Å²) >= 11 is 4.72. The van der Waals surface area contributed by atoms with Crippen LogP contribution in [0.2, 0.25) is 0 Å². The second kappa shape index (κ2) is 4.41. The summed E-state index contributed by atoms with van der Waals surface area (Å²) in [7, 11) is 0. The molecule has 1 aromatic heterocycles. The molecule has 0 atom stereocenters. The summed E-state index contributed by atoms with van der Waals surface area (Å²) in [6.07, 6.45) is -2.27. The van der Waals surface area contributed by atoms with E-state index in [0.29, 0.717) is 10.9 Å². The van der Waals surface area contributed by atoms with Gasteiger partial charge in [0, 0.05) is 5.56 Å². The van der Waals surface area contributed by atoms with E-state index < -0.39 is 6.43 Å². The first-order chi connectivity index (χ1) is 6.06. The highest BCUT2D eigenvalue weighted by Crippen LogP contribution is 2.26. The average Bonchev–Trinajstić information content (AvgIpc) is 2.02. The number of carbonyl (C=O) groups excluding carboxylic acids is 1. The molecule has 70 valence electrons. The molecule has 0 radical (unpaired) electrons. The quantitative estimate of drug-likeness (QED) is 0.460. The lowest BCUT2D eigenvalue weighted by atomic mass is 10.2. The molecule has 0 spiro atoms. The fraction of sp³-hybridized carbons (Fsp3) is 0.143. The van der Waals surface area contributed by atoms with Crippen molar-refractivity contribution in [3.8, 4) is 0 Å². The van der Waals surface area contributed by atoms with Crippen LogP contribution in [0.15, 0.2) is 10.7 Å². The van der Waals surface area contributed by atoms with E-state index in [4.69, 9.17) is 0 Å². The van der Waals surface area contributed by atoms with Crippen molar-refractivity contribution in [1.29, 1.82) is 0 Å². The molecule has 6 heteroatoms. The van der Waals surface area contributed by atoms with Crippen LogP contribution in [0, 0.1) is 3.70 Å². The fourth-order valence-corrected chi connectivity index (χ4v) is 2.26. The van der Waals surface area contributed by atoms with E-state index in [1.54, 1.807) is 22.6 Å². The number of halogens is 4. The lowest BCUT2D eigenvalue weighted by molar-refractivity contribution is 0.110. The number of rotatable bonds is 2. The molecule has 0 aliphatic carbocycles. The Kier molecular flexibility index (Phi) is 3.72. The number of hydrogen-bond acceptors (Lipinski definition) is 2. The monoisotopic (exact) mass is 361 g/mol. The van der Waals surface area contributed by atoms with E-state index in [1.807, 2.05) is 0 Å². The zero-order valence-electron chi connectivity index (χ0n) is 6.10. The third kappa shape index (κ3) is 2.43. The van der Waals surface area contributed by atoms with Crippen LogP contribution in [0.3, 0.4) is 0 Å². The minimum Gasteiger partial charge on any atom is -0.298 e. The molecule has 0 aromatic carbocycles. The van der Waals surface area contributed by atoms with Gasteiger partial charge in [-0.15, -0.1) is 0 Å². The van der Waals surface area contributed by atoms with Gasteiger partial charge in [0.1, 0.15) is 8.30 Å². The van der Waals surface area contributed by atoms with E-state index in [0.717, 1.165) is 6.07 Å². The van der Waals surface area contributed by atoms with Crippen molar-refractivity contribution in [2.75, 3.05) is 0 Å². The van der Waals surface area contributed by atoms with Gasteiger partial charge in [-0.25, -0.2) is 13.8 Å². The van der Waals surface area contributed by atoms with Gasteiger partial charge in [0.05, 0.1) is 5.56 Å². The Morgan fingerprint density at radius 2 is 2.23 bits per heavy atom. The molecule has 0 bridgehead atoms. The number of hydrogen-bond donors (Lipinski definition) is 0. The summed E-state index contributed by atoms with van der Waals surface area (Å²) in [5.41, 5.74) is -0.333. The molecule has 0 N–H and O–H groups in total. The molecular weight excluding hydrogens is 359 g/mol. The maximum absolute atomic E-state index is 12.4. The number of alkyl halides is 2. The molecule has 2 nitrogen and oxygen atoms in total. The van der Waals surface area contributed by atoms with Gasteiger partial charge in [0.2, 0.25) is 0 Å². The van der Waals surface area contributed by atoms with Crippen molar-refractivity contribution >= 4 is 44.8 Å². The van der Waals surface area contributed by atoms with Crippen molar-refractivity contribution in [3.05, 3.63) is 25.5 Å². The van der Waals surface area contributed by atoms with E-state index in [2.05, 4.69) is 20.9 Å². The van der Waals surface area contributed by atoms with Gasteiger partial charge in [-0.3, -0.25) is 4.79 Å². The van der Waals surface area contributed by atoms with Gasteiger partial charge in [-0.2, -0.15) is 0 Å². The molecule has 0 amide bonds. The van der Waals surface area contributed by atoms with Crippen LogP contribution in [0.5, 0.6) is 0 Å². The summed E-state index contributed by atoms with van der Waals surface area (Å²) < 4.78 is 25.3. The Labute approximate surface area is 95.0 Å². The maximum Gasteiger partial charge on any atom is 0.264 e. The summed E-state index contributed by atoms with van der Waals surface area (Å²) in [6.45, 7) is 0. The van der Waals surface area contributed by atoms with Crippen molar-refractivity contribution in [3.63, 3.8) is 0 Å². The second-order valence-corrected chi connectivity index (χ2v) is 3.99. The minimum atomic E-state index is -2.66. The van der Waals surface area contributed by atoms with Gasteiger partial charge < -0.3 is 0 Å². The fourth-order valence-electron chi connectivity index (χ4n) is 0.809. The Bertz CT molecular complexity index is 346. The highest BCUT2D eigenvalue weighted by Gasteiger charge is 2.16. The van der Waals surface area contributed by atoms with E-state index >= 15 is 0 Å². The minimum absolute atomic E-state index is 0.0428. The van der Waals surface area contributed by atoms with Crippen LogP contribution >= 0.6 is 38.5 Å². The zero-order valence-corrected chi connectivity index (χ0v) is 9.84. The molecule has 0 saturated carbocycles. The first-order valence-electron chi connectivity index (χ1n) is 3.15. The SMILES string of the molecule is O=Cc1c(C(F)F)cc(Br)nc1I. The number of aromatic nitrogens is 1. The molecule has 1 aromatic rings. The number of pyridine rings is 1. The molecule has 0 aliphatic heterocycles. The molecule has 0 aliphatic rings. The Morgan fingerprint density at radius 3 is 2.69 bits per heavy atom. The van der Waals surface area contributed by atoms with Crippen LogP contribution < -0.4 is 0 Å². The normalized spacial score (nSPS) is 10.5. The Morgan fingerprint density at radius 1 is 1.62 bits per heavy atom. The molecule has 1 rings (SSSR count). The van der Waals surface area contributed by atoms with Crippen molar-refractivity contribution in [2.24, 2.45) is 0 Å². The van der Waals surface area contributed by atoms with Crippen LogP contribution in [-0.4, -0.2) is 11.3 Å². The number of aldehydes is 1. The van der Waals surface area contributed by atoms with Gasteiger partial charge in [-0.05, 0) is 44.6 Å². The zero-order chi connectivity index (χ0) is 10.0. The smallest absolute Gasteiger partial charge is 0.264 e. The van der Waals surface area contributed by atoms with Crippen molar-refractivity contribution in [1.82, 2.24) is 4.98 Å². The Hall–Kier alpha value is -0.110. The summed E-state index contributed by atoms with van der Waals surface area (Å²) in [4.78, 5) is 14.3. The van der Waals surface area contributed by atoms with Crippen molar-refractivity contribution < 1.29 is 13.6 Å². The topological polar surface area (TPSA) is 30.0 Å². The van der Waals surface area contributed by atoms with Gasteiger partial charge >= 0.3 is 0 Å². The third-order valence-corrected chi connectivity index (χ3v) is 2.59. The average molecular weight is 362 g/mol. The predicted octanol–water partition coefficient (Wildman–Crippen LogP) is 3.20. The summed E-state index contributed by atoms with van der Waals surface area (Å²) in [5, 5.41) is 0. The Balaban J connectivity index is 3.38. The largest absolute Gasteiger partial charge is 0.298 e. The van der Waals surface area contributed by atoms with Crippen LogP contribution in [0.25, 0.3) is 0 Å². The van der Waals surface area contributed by atoms with Gasteiger partial charge in [-0.1, -0.05) is 0 Å². The molecule has 0 unspecified atom stereocenters. The first-order valence-corrected chi connectivity index (χ1v) is 5.02. The maximum atomic E-state index is 12.4.